The molecule has 1 aliphatic heterocycles. The number of ether oxygens (including phenoxy) is 1. The van der Waals surface area contributed by atoms with Gasteiger partial charge in [0.2, 0.25) is 5.95 Å². The molecule has 9 heteroatoms. The third kappa shape index (κ3) is 4.11. The van der Waals surface area contributed by atoms with Gasteiger partial charge in [-0.1, -0.05) is 25.8 Å². The molecule has 1 saturated carbocycles. The summed E-state index contributed by atoms with van der Waals surface area (Å²) in [7, 11) is 0. The third-order valence-electron chi connectivity index (χ3n) is 7.10. The van der Waals surface area contributed by atoms with Crippen LogP contribution in [0.25, 0.3) is 16.7 Å². The highest BCUT2D eigenvalue weighted by Gasteiger charge is 2.21. The first-order valence-electron chi connectivity index (χ1n) is 12.1. The van der Waals surface area contributed by atoms with Crippen LogP contribution in [0, 0.1) is 5.92 Å². The Morgan fingerprint density at radius 2 is 1.91 bits per heavy atom. The van der Waals surface area contributed by atoms with Crippen LogP contribution in [-0.2, 0) is 4.74 Å². The molecule has 1 saturated heterocycles. The van der Waals surface area contributed by atoms with E-state index in [1.165, 1.54) is 31.2 Å². The number of hydrogen-bond donors (Lipinski definition) is 2. The third-order valence-corrected chi connectivity index (χ3v) is 7.10. The molecule has 176 valence electrons. The van der Waals surface area contributed by atoms with E-state index in [0.717, 1.165) is 35.9 Å². The Kier molecular flexibility index (Phi) is 5.41. The SMILES string of the molecule is CC1CCC(c2ccc3nc(NC(=O)c4cn5nc(N6CCOCC6)ccc5n4)[nH]c3c2)CC1. The number of imidazole rings is 2. The maximum Gasteiger partial charge on any atom is 0.278 e. The Labute approximate surface area is 197 Å². The summed E-state index contributed by atoms with van der Waals surface area (Å²) in [6.45, 7) is 5.32. The average Bonchev–Trinajstić information content (AvgIpc) is 3.47. The molecule has 2 fully saturated rings. The second kappa shape index (κ2) is 8.72. The molecule has 9 nitrogen and oxygen atoms in total. The molecule has 2 N–H and O–H groups in total. The summed E-state index contributed by atoms with van der Waals surface area (Å²) in [4.78, 5) is 27.3. The highest BCUT2D eigenvalue weighted by molar-refractivity contribution is 6.02. The van der Waals surface area contributed by atoms with Gasteiger partial charge in [0.1, 0.15) is 11.5 Å². The van der Waals surface area contributed by atoms with E-state index in [-0.39, 0.29) is 5.91 Å². The van der Waals surface area contributed by atoms with Crippen LogP contribution >= 0.6 is 0 Å². The number of nitrogens with zero attached hydrogens (tertiary/aromatic N) is 5. The van der Waals surface area contributed by atoms with Gasteiger partial charge in [-0.15, -0.1) is 5.10 Å². The summed E-state index contributed by atoms with van der Waals surface area (Å²) in [5.41, 5.74) is 4.05. The van der Waals surface area contributed by atoms with Gasteiger partial charge in [0.25, 0.3) is 5.91 Å². The molecular formula is C25H29N7O2. The maximum absolute atomic E-state index is 12.9. The fraction of sp³-hybridized carbons (Fsp3) is 0.440. The van der Waals surface area contributed by atoms with Crippen LogP contribution in [0.4, 0.5) is 11.8 Å². The first-order chi connectivity index (χ1) is 16.6. The maximum atomic E-state index is 12.9. The highest BCUT2D eigenvalue weighted by atomic mass is 16.5. The molecule has 3 aromatic heterocycles. The molecule has 0 radical (unpaired) electrons. The van der Waals surface area contributed by atoms with Crippen LogP contribution in [0.15, 0.2) is 36.5 Å². The number of nitrogens with one attached hydrogen (secondary N) is 2. The van der Waals surface area contributed by atoms with Gasteiger partial charge in [0.15, 0.2) is 5.65 Å². The Morgan fingerprint density at radius 1 is 1.09 bits per heavy atom. The van der Waals surface area contributed by atoms with E-state index in [9.17, 15) is 4.79 Å². The van der Waals surface area contributed by atoms with Gasteiger partial charge in [0, 0.05) is 13.1 Å². The molecule has 4 heterocycles. The zero-order valence-electron chi connectivity index (χ0n) is 19.3. The first-order valence-corrected chi connectivity index (χ1v) is 12.1. The molecule has 4 aromatic rings. The van der Waals surface area contributed by atoms with Crippen LogP contribution in [0.5, 0.6) is 0 Å². The molecule has 34 heavy (non-hydrogen) atoms. The van der Waals surface area contributed by atoms with Gasteiger partial charge in [-0.3, -0.25) is 10.1 Å². The Hall–Kier alpha value is -3.46. The van der Waals surface area contributed by atoms with Gasteiger partial charge in [-0.25, -0.2) is 14.5 Å². The summed E-state index contributed by atoms with van der Waals surface area (Å²) >= 11 is 0. The van der Waals surface area contributed by atoms with Crippen molar-refractivity contribution in [3.8, 4) is 0 Å². The van der Waals surface area contributed by atoms with Crippen molar-refractivity contribution in [3.05, 3.63) is 47.8 Å². The normalized spacial score (nSPS) is 21.3. The van der Waals surface area contributed by atoms with Crippen molar-refractivity contribution in [1.29, 1.82) is 0 Å². The number of hydrogen-bond acceptors (Lipinski definition) is 6. The topological polar surface area (TPSA) is 100 Å². The second-order valence-corrected chi connectivity index (χ2v) is 9.49. The van der Waals surface area contributed by atoms with Crippen molar-refractivity contribution < 1.29 is 9.53 Å². The summed E-state index contributed by atoms with van der Waals surface area (Å²) in [5, 5.41) is 7.48. The number of rotatable bonds is 4. The van der Waals surface area contributed by atoms with Crippen molar-refractivity contribution >= 4 is 34.4 Å². The first kappa shape index (κ1) is 21.1. The van der Waals surface area contributed by atoms with Gasteiger partial charge in [0.05, 0.1) is 30.4 Å². The Morgan fingerprint density at radius 3 is 2.74 bits per heavy atom. The predicted molar refractivity (Wildman–Crippen MR) is 130 cm³/mol. The lowest BCUT2D eigenvalue weighted by Gasteiger charge is -2.27. The van der Waals surface area contributed by atoms with E-state index in [2.05, 4.69) is 49.3 Å². The number of benzene rings is 1. The lowest BCUT2D eigenvalue weighted by atomic mass is 9.79. The number of aromatic amines is 1. The standard InChI is InChI=1S/C25H29N7O2/c1-16-2-4-17(5-3-16)18-6-7-19-20(14-18)28-25(27-19)29-24(33)21-15-32-22(26-21)8-9-23(30-32)31-10-12-34-13-11-31/h6-9,14-17H,2-5,10-13H2,1H3,(H2,27,28,29,33). The average molecular weight is 460 g/mol. The van der Waals surface area contributed by atoms with Crippen molar-refractivity contribution in [2.75, 3.05) is 36.5 Å². The number of morpholine rings is 1. The molecule has 0 unspecified atom stereocenters. The molecule has 2 aliphatic rings. The van der Waals surface area contributed by atoms with Crippen molar-refractivity contribution in [3.63, 3.8) is 0 Å². The van der Waals surface area contributed by atoms with E-state index in [0.29, 0.717) is 36.4 Å². The summed E-state index contributed by atoms with van der Waals surface area (Å²) < 4.78 is 7.06. The monoisotopic (exact) mass is 459 g/mol. The molecule has 1 aliphatic carbocycles. The summed E-state index contributed by atoms with van der Waals surface area (Å²) in [5.74, 6) is 2.39. The van der Waals surface area contributed by atoms with Gasteiger partial charge in [-0.05, 0) is 54.5 Å². The number of aromatic nitrogens is 5. The quantitative estimate of drug-likeness (QED) is 0.479. The number of carbonyl (C=O) groups excluding carboxylic acids is 1. The van der Waals surface area contributed by atoms with Crippen molar-refractivity contribution in [2.45, 2.75) is 38.5 Å². The van der Waals surface area contributed by atoms with E-state index >= 15 is 0 Å². The summed E-state index contributed by atoms with van der Waals surface area (Å²) in [6, 6.07) is 10.2. The van der Waals surface area contributed by atoms with E-state index < -0.39 is 0 Å². The Balaban J connectivity index is 1.19. The van der Waals surface area contributed by atoms with E-state index in [1.54, 1.807) is 10.7 Å². The van der Waals surface area contributed by atoms with E-state index in [1.807, 2.05) is 18.2 Å². The molecule has 1 aromatic carbocycles. The van der Waals surface area contributed by atoms with Gasteiger partial charge < -0.3 is 14.6 Å². The van der Waals surface area contributed by atoms with Gasteiger partial charge in [-0.2, -0.15) is 0 Å². The van der Waals surface area contributed by atoms with Crippen LogP contribution < -0.4 is 10.2 Å². The number of H-pyrrole nitrogens is 1. The minimum Gasteiger partial charge on any atom is -0.378 e. The number of fused-ring (bicyclic) bond motifs is 2. The molecule has 0 spiro atoms. The number of anilines is 2. The lowest BCUT2D eigenvalue weighted by molar-refractivity contribution is 0.102. The zero-order valence-corrected chi connectivity index (χ0v) is 19.3. The predicted octanol–water partition coefficient (Wildman–Crippen LogP) is 3.99. The molecule has 0 atom stereocenters. The molecule has 6 rings (SSSR count). The second-order valence-electron chi connectivity index (χ2n) is 9.49. The largest absolute Gasteiger partial charge is 0.378 e. The zero-order chi connectivity index (χ0) is 23.1. The fourth-order valence-corrected chi connectivity index (χ4v) is 5.05. The van der Waals surface area contributed by atoms with Crippen LogP contribution in [0.1, 0.15) is 54.6 Å². The minimum atomic E-state index is -0.320. The number of carbonyl (C=O) groups is 1. The summed E-state index contributed by atoms with van der Waals surface area (Å²) in [6.07, 6.45) is 6.70. The van der Waals surface area contributed by atoms with Crippen molar-refractivity contribution in [2.24, 2.45) is 5.92 Å². The number of amides is 1. The van der Waals surface area contributed by atoms with Crippen molar-refractivity contribution in [1.82, 2.24) is 24.6 Å². The lowest BCUT2D eigenvalue weighted by Crippen LogP contribution is -2.36. The smallest absolute Gasteiger partial charge is 0.278 e. The molecule has 1 amide bonds. The van der Waals surface area contributed by atoms with Crippen LogP contribution in [-0.4, -0.2) is 56.8 Å². The van der Waals surface area contributed by atoms with E-state index in [4.69, 9.17) is 4.74 Å². The molecule has 0 bridgehead atoms. The van der Waals surface area contributed by atoms with Gasteiger partial charge >= 0.3 is 0 Å². The fourth-order valence-electron chi connectivity index (χ4n) is 5.05. The van der Waals surface area contributed by atoms with Crippen LogP contribution in [0.2, 0.25) is 0 Å². The minimum absolute atomic E-state index is 0.295. The highest BCUT2D eigenvalue weighted by Crippen LogP contribution is 2.36. The molecular weight excluding hydrogens is 430 g/mol. The van der Waals surface area contributed by atoms with Crippen LogP contribution in [0.3, 0.4) is 0 Å². The Bertz CT molecular complexity index is 1330.